The molecule has 1 unspecified atom stereocenters. The molecule has 0 aromatic carbocycles. The first-order chi connectivity index (χ1) is 6.26. The molecule has 0 radical (unpaired) electrons. The van der Waals surface area contributed by atoms with Crippen LogP contribution in [0.5, 0.6) is 0 Å². The maximum absolute atomic E-state index is 3.73. The van der Waals surface area contributed by atoms with Gasteiger partial charge in [-0.1, -0.05) is 6.08 Å². The molecule has 2 nitrogen and oxygen atoms in total. The van der Waals surface area contributed by atoms with Crippen molar-refractivity contribution in [3.63, 3.8) is 0 Å². The quantitative estimate of drug-likeness (QED) is 0.684. The Morgan fingerprint density at radius 2 is 2.46 bits per heavy atom. The van der Waals surface area contributed by atoms with Gasteiger partial charge in [-0.15, -0.1) is 6.58 Å². The van der Waals surface area contributed by atoms with Crippen LogP contribution in [0.1, 0.15) is 19.4 Å². The zero-order valence-electron chi connectivity index (χ0n) is 8.46. The summed E-state index contributed by atoms with van der Waals surface area (Å²) in [7, 11) is 0. The van der Waals surface area contributed by atoms with E-state index in [9.17, 15) is 0 Å². The SMILES string of the molecule is C=CC(C)NCc1ccn(CC)c1. The van der Waals surface area contributed by atoms with Crippen molar-refractivity contribution in [2.24, 2.45) is 0 Å². The second kappa shape index (κ2) is 4.87. The van der Waals surface area contributed by atoms with Gasteiger partial charge in [0, 0.05) is 31.5 Å². The standard InChI is InChI=1S/C11H18N2/c1-4-10(3)12-8-11-6-7-13(5-2)9-11/h4,6-7,9-10,12H,1,5,8H2,2-3H3. The van der Waals surface area contributed by atoms with Gasteiger partial charge < -0.3 is 9.88 Å². The van der Waals surface area contributed by atoms with Crippen LogP contribution in [-0.2, 0) is 13.1 Å². The van der Waals surface area contributed by atoms with Crippen molar-refractivity contribution >= 4 is 0 Å². The smallest absolute Gasteiger partial charge is 0.0225 e. The van der Waals surface area contributed by atoms with Gasteiger partial charge in [-0.2, -0.15) is 0 Å². The van der Waals surface area contributed by atoms with E-state index in [1.54, 1.807) is 0 Å². The zero-order chi connectivity index (χ0) is 9.68. The van der Waals surface area contributed by atoms with Gasteiger partial charge in [0.25, 0.3) is 0 Å². The van der Waals surface area contributed by atoms with Gasteiger partial charge >= 0.3 is 0 Å². The third kappa shape index (κ3) is 3.07. The van der Waals surface area contributed by atoms with Gasteiger partial charge in [-0.3, -0.25) is 0 Å². The summed E-state index contributed by atoms with van der Waals surface area (Å²) >= 11 is 0. The highest BCUT2D eigenvalue weighted by atomic mass is 14.9. The molecule has 1 N–H and O–H groups in total. The van der Waals surface area contributed by atoms with Crippen LogP contribution in [0.3, 0.4) is 0 Å². The fourth-order valence-electron chi connectivity index (χ4n) is 1.15. The molecular weight excluding hydrogens is 160 g/mol. The van der Waals surface area contributed by atoms with Crippen molar-refractivity contribution < 1.29 is 0 Å². The summed E-state index contributed by atoms with van der Waals surface area (Å²) in [5.74, 6) is 0. The molecule has 0 aliphatic carbocycles. The molecular formula is C11H18N2. The number of hydrogen-bond acceptors (Lipinski definition) is 1. The minimum atomic E-state index is 0.380. The third-order valence-electron chi connectivity index (χ3n) is 2.16. The maximum atomic E-state index is 3.73. The molecule has 13 heavy (non-hydrogen) atoms. The molecule has 0 bridgehead atoms. The van der Waals surface area contributed by atoms with Crippen molar-refractivity contribution in [1.82, 2.24) is 9.88 Å². The van der Waals surface area contributed by atoms with Gasteiger partial charge in [0.1, 0.15) is 0 Å². The topological polar surface area (TPSA) is 17.0 Å². The maximum Gasteiger partial charge on any atom is 0.0225 e. The molecule has 1 atom stereocenters. The number of rotatable bonds is 5. The number of aryl methyl sites for hydroxylation is 1. The molecule has 0 amide bonds. The Hall–Kier alpha value is -1.02. The van der Waals surface area contributed by atoms with Crippen LogP contribution in [0.15, 0.2) is 31.1 Å². The van der Waals surface area contributed by atoms with Crippen molar-refractivity contribution in [2.75, 3.05) is 0 Å². The highest BCUT2D eigenvalue weighted by Gasteiger charge is 1.97. The van der Waals surface area contributed by atoms with E-state index < -0.39 is 0 Å². The molecule has 72 valence electrons. The molecule has 2 heteroatoms. The van der Waals surface area contributed by atoms with Gasteiger partial charge in [0.2, 0.25) is 0 Å². The minimum Gasteiger partial charge on any atom is -0.354 e. The van der Waals surface area contributed by atoms with Crippen LogP contribution in [0, 0.1) is 0 Å². The van der Waals surface area contributed by atoms with Crippen LogP contribution in [0.4, 0.5) is 0 Å². The largest absolute Gasteiger partial charge is 0.354 e. The molecule has 0 aliphatic heterocycles. The predicted octanol–water partition coefficient (Wildman–Crippen LogP) is 2.17. The van der Waals surface area contributed by atoms with E-state index in [-0.39, 0.29) is 0 Å². The Morgan fingerprint density at radius 3 is 3.00 bits per heavy atom. The predicted molar refractivity (Wildman–Crippen MR) is 56.6 cm³/mol. The first-order valence-electron chi connectivity index (χ1n) is 4.77. The summed E-state index contributed by atoms with van der Waals surface area (Å²) in [4.78, 5) is 0. The number of nitrogens with one attached hydrogen (secondary N) is 1. The number of aromatic nitrogens is 1. The summed E-state index contributed by atoms with van der Waals surface area (Å²) in [6.45, 7) is 9.93. The number of hydrogen-bond donors (Lipinski definition) is 1. The van der Waals surface area contributed by atoms with E-state index >= 15 is 0 Å². The lowest BCUT2D eigenvalue weighted by Crippen LogP contribution is -2.22. The fraction of sp³-hybridized carbons (Fsp3) is 0.455. The van der Waals surface area contributed by atoms with Crippen molar-refractivity contribution in [1.29, 1.82) is 0 Å². The van der Waals surface area contributed by atoms with Gasteiger partial charge in [0.05, 0.1) is 0 Å². The van der Waals surface area contributed by atoms with E-state index in [2.05, 4.69) is 48.8 Å². The Bertz CT molecular complexity index is 263. The fourth-order valence-corrected chi connectivity index (χ4v) is 1.15. The van der Waals surface area contributed by atoms with E-state index in [1.165, 1.54) is 5.56 Å². The zero-order valence-corrected chi connectivity index (χ0v) is 8.46. The third-order valence-corrected chi connectivity index (χ3v) is 2.16. The van der Waals surface area contributed by atoms with E-state index in [1.807, 2.05) is 6.08 Å². The van der Waals surface area contributed by atoms with Crippen LogP contribution in [-0.4, -0.2) is 10.6 Å². The highest BCUT2D eigenvalue weighted by Crippen LogP contribution is 2.01. The summed E-state index contributed by atoms with van der Waals surface area (Å²) in [6, 6.07) is 2.52. The Kier molecular flexibility index (Phi) is 3.77. The average Bonchev–Trinajstić information content (AvgIpc) is 2.61. The van der Waals surface area contributed by atoms with Crippen molar-refractivity contribution in [3.05, 3.63) is 36.7 Å². The molecule has 0 saturated carbocycles. The number of nitrogens with zero attached hydrogens (tertiary/aromatic N) is 1. The first-order valence-corrected chi connectivity index (χ1v) is 4.77. The minimum absolute atomic E-state index is 0.380. The lowest BCUT2D eigenvalue weighted by Gasteiger charge is -2.06. The molecule has 0 spiro atoms. The second-order valence-corrected chi connectivity index (χ2v) is 3.26. The highest BCUT2D eigenvalue weighted by molar-refractivity contribution is 5.10. The molecule has 0 aliphatic rings. The van der Waals surface area contributed by atoms with Gasteiger partial charge in [-0.05, 0) is 25.5 Å². The first kappa shape index (κ1) is 10.1. The van der Waals surface area contributed by atoms with E-state index in [0.717, 1.165) is 13.1 Å². The monoisotopic (exact) mass is 178 g/mol. The summed E-state index contributed by atoms with van der Waals surface area (Å²) < 4.78 is 2.18. The Balaban J connectivity index is 2.40. The lowest BCUT2D eigenvalue weighted by atomic mass is 10.3. The van der Waals surface area contributed by atoms with Crippen LogP contribution >= 0.6 is 0 Å². The van der Waals surface area contributed by atoms with Crippen LogP contribution in [0.25, 0.3) is 0 Å². The summed E-state index contributed by atoms with van der Waals surface area (Å²) in [5, 5.41) is 3.35. The average molecular weight is 178 g/mol. The van der Waals surface area contributed by atoms with Gasteiger partial charge in [0.15, 0.2) is 0 Å². The molecule has 1 aromatic heterocycles. The van der Waals surface area contributed by atoms with Crippen LogP contribution in [0.2, 0.25) is 0 Å². The molecule has 0 saturated heterocycles. The summed E-state index contributed by atoms with van der Waals surface area (Å²) in [6.07, 6.45) is 6.19. The van der Waals surface area contributed by atoms with Gasteiger partial charge in [-0.25, -0.2) is 0 Å². The lowest BCUT2D eigenvalue weighted by molar-refractivity contribution is 0.632. The Morgan fingerprint density at radius 1 is 1.69 bits per heavy atom. The van der Waals surface area contributed by atoms with Crippen LogP contribution < -0.4 is 5.32 Å². The summed E-state index contributed by atoms with van der Waals surface area (Å²) in [5.41, 5.74) is 1.33. The van der Waals surface area contributed by atoms with E-state index in [4.69, 9.17) is 0 Å². The Labute approximate surface area is 80.3 Å². The van der Waals surface area contributed by atoms with Crippen molar-refractivity contribution in [3.8, 4) is 0 Å². The molecule has 1 heterocycles. The van der Waals surface area contributed by atoms with E-state index in [0.29, 0.717) is 6.04 Å². The molecule has 1 rings (SSSR count). The second-order valence-electron chi connectivity index (χ2n) is 3.26. The van der Waals surface area contributed by atoms with Crippen molar-refractivity contribution in [2.45, 2.75) is 33.0 Å². The molecule has 1 aromatic rings. The normalized spacial score (nSPS) is 12.8. The molecule has 0 fully saturated rings.